The number of amides is 2. The van der Waals surface area contributed by atoms with Gasteiger partial charge in [0.1, 0.15) is 0 Å². The third-order valence-electron chi connectivity index (χ3n) is 5.01. The minimum absolute atomic E-state index is 0.0555. The summed E-state index contributed by atoms with van der Waals surface area (Å²) in [7, 11) is -3.19. The number of likely N-dealkylation sites (tertiary alicyclic amines) is 1. The predicted molar refractivity (Wildman–Crippen MR) is 96.4 cm³/mol. The summed E-state index contributed by atoms with van der Waals surface area (Å²) in [5.41, 5.74) is -0.439. The Morgan fingerprint density at radius 2 is 1.60 bits per heavy atom. The minimum atomic E-state index is -3.19. The molecule has 0 N–H and O–H groups in total. The van der Waals surface area contributed by atoms with Crippen molar-refractivity contribution in [3.05, 3.63) is 0 Å². The molecule has 2 aliphatic rings. The molecule has 1 atom stereocenters. The zero-order chi connectivity index (χ0) is 18.8. The molecule has 0 radical (unpaired) electrons. The van der Waals surface area contributed by atoms with Gasteiger partial charge in [-0.25, -0.2) is 8.42 Å². The molecule has 0 aromatic rings. The Labute approximate surface area is 151 Å². The second-order valence-electron chi connectivity index (χ2n) is 7.97. The van der Waals surface area contributed by atoms with Crippen molar-refractivity contribution < 1.29 is 18.0 Å². The molecule has 0 aromatic carbocycles. The Kier molecular flexibility index (Phi) is 6.14. The molecule has 144 valence electrons. The highest BCUT2D eigenvalue weighted by Gasteiger charge is 2.36. The average Bonchev–Trinajstić information content (AvgIpc) is 2.60. The van der Waals surface area contributed by atoms with E-state index in [1.165, 1.54) is 4.31 Å². The lowest BCUT2D eigenvalue weighted by Gasteiger charge is -2.39. The molecule has 2 amide bonds. The summed E-state index contributed by atoms with van der Waals surface area (Å²) in [6, 6.07) is 0. The van der Waals surface area contributed by atoms with Gasteiger partial charge in [0.2, 0.25) is 21.8 Å². The summed E-state index contributed by atoms with van der Waals surface area (Å²) in [4.78, 5) is 28.9. The minimum Gasteiger partial charge on any atom is -0.341 e. The van der Waals surface area contributed by atoms with Crippen LogP contribution in [0.3, 0.4) is 0 Å². The second kappa shape index (κ2) is 7.61. The molecule has 0 saturated carbocycles. The molecule has 1 unspecified atom stereocenters. The zero-order valence-electron chi connectivity index (χ0n) is 15.8. The molecule has 2 fully saturated rings. The van der Waals surface area contributed by atoms with Gasteiger partial charge in [0.15, 0.2) is 0 Å². The number of hydrogen-bond donors (Lipinski definition) is 0. The fourth-order valence-corrected chi connectivity index (χ4v) is 4.55. The van der Waals surface area contributed by atoms with E-state index in [-0.39, 0.29) is 23.5 Å². The van der Waals surface area contributed by atoms with Gasteiger partial charge >= 0.3 is 0 Å². The number of sulfonamides is 1. The van der Waals surface area contributed by atoms with Crippen LogP contribution in [0.1, 0.15) is 40.5 Å². The van der Waals surface area contributed by atoms with Gasteiger partial charge in [-0.05, 0) is 19.8 Å². The molecule has 0 bridgehead atoms. The van der Waals surface area contributed by atoms with Crippen molar-refractivity contribution >= 4 is 21.8 Å². The number of carbonyl (C=O) groups is 2. The van der Waals surface area contributed by atoms with Gasteiger partial charge in [-0.3, -0.25) is 9.59 Å². The van der Waals surface area contributed by atoms with Crippen LogP contribution >= 0.6 is 0 Å². The first-order valence-corrected chi connectivity index (χ1v) is 10.7. The molecule has 2 heterocycles. The Bertz CT molecular complexity index is 604. The van der Waals surface area contributed by atoms with Crippen molar-refractivity contribution in [2.24, 2.45) is 11.3 Å². The van der Waals surface area contributed by atoms with E-state index in [1.807, 2.05) is 25.7 Å². The largest absolute Gasteiger partial charge is 0.341 e. The summed E-state index contributed by atoms with van der Waals surface area (Å²) in [5, 5.41) is 0. The van der Waals surface area contributed by atoms with Crippen molar-refractivity contribution in [1.82, 2.24) is 14.1 Å². The first-order chi connectivity index (χ1) is 11.6. The quantitative estimate of drug-likeness (QED) is 0.732. The van der Waals surface area contributed by atoms with Crippen LogP contribution in [0.4, 0.5) is 0 Å². The fourth-order valence-electron chi connectivity index (χ4n) is 3.46. The highest BCUT2D eigenvalue weighted by atomic mass is 32.2. The van der Waals surface area contributed by atoms with Gasteiger partial charge in [-0.1, -0.05) is 20.8 Å². The molecule has 7 nitrogen and oxygen atoms in total. The maximum absolute atomic E-state index is 12.8. The van der Waals surface area contributed by atoms with Crippen molar-refractivity contribution in [2.75, 3.05) is 45.0 Å². The highest BCUT2D eigenvalue weighted by molar-refractivity contribution is 7.89. The van der Waals surface area contributed by atoms with Crippen LogP contribution in [0.25, 0.3) is 0 Å². The Balaban J connectivity index is 1.94. The molecule has 2 aliphatic heterocycles. The lowest BCUT2D eigenvalue weighted by Crippen LogP contribution is -2.54. The van der Waals surface area contributed by atoms with Gasteiger partial charge in [0.05, 0.1) is 11.7 Å². The molecule has 25 heavy (non-hydrogen) atoms. The monoisotopic (exact) mass is 373 g/mol. The molecule has 2 rings (SSSR count). The Morgan fingerprint density at radius 1 is 1.00 bits per heavy atom. The lowest BCUT2D eigenvalue weighted by molar-refractivity contribution is -0.145. The molecule has 8 heteroatoms. The van der Waals surface area contributed by atoms with Crippen LogP contribution < -0.4 is 0 Å². The van der Waals surface area contributed by atoms with Gasteiger partial charge < -0.3 is 9.80 Å². The molecule has 0 aromatic heterocycles. The van der Waals surface area contributed by atoms with Crippen molar-refractivity contribution in [3.63, 3.8) is 0 Å². The normalized spacial score (nSPS) is 23.6. The number of carbonyl (C=O) groups excluding carboxylic acids is 2. The van der Waals surface area contributed by atoms with E-state index in [4.69, 9.17) is 0 Å². The number of hydrogen-bond acceptors (Lipinski definition) is 4. The van der Waals surface area contributed by atoms with Gasteiger partial charge in [-0.15, -0.1) is 0 Å². The van der Waals surface area contributed by atoms with E-state index < -0.39 is 15.4 Å². The van der Waals surface area contributed by atoms with Crippen LogP contribution in [0.5, 0.6) is 0 Å². The summed E-state index contributed by atoms with van der Waals surface area (Å²) in [5.74, 6) is 0.0613. The van der Waals surface area contributed by atoms with Crippen LogP contribution in [0.15, 0.2) is 0 Å². The number of rotatable bonds is 3. The fraction of sp³-hybridized carbons (Fsp3) is 0.882. The van der Waals surface area contributed by atoms with Crippen molar-refractivity contribution in [2.45, 2.75) is 40.5 Å². The van der Waals surface area contributed by atoms with Gasteiger partial charge in [0, 0.05) is 44.7 Å². The first-order valence-electron chi connectivity index (χ1n) is 9.12. The standard InChI is InChI=1S/C17H31N3O4S/c1-5-25(23,24)20-11-9-18(10-12-20)15(21)14-7-6-8-19(13-14)16(22)17(2,3)4/h14H,5-13H2,1-4H3. The molecular weight excluding hydrogens is 342 g/mol. The lowest BCUT2D eigenvalue weighted by atomic mass is 9.90. The second-order valence-corrected chi connectivity index (χ2v) is 10.2. The smallest absolute Gasteiger partial charge is 0.227 e. The van der Waals surface area contributed by atoms with Crippen molar-refractivity contribution in [3.8, 4) is 0 Å². The van der Waals surface area contributed by atoms with E-state index in [0.717, 1.165) is 12.8 Å². The average molecular weight is 374 g/mol. The number of piperazine rings is 1. The molecule has 2 saturated heterocycles. The maximum atomic E-state index is 12.8. The zero-order valence-corrected chi connectivity index (χ0v) is 16.6. The van der Waals surface area contributed by atoms with Crippen LogP contribution in [-0.4, -0.2) is 79.4 Å². The van der Waals surface area contributed by atoms with Gasteiger partial charge in [0.25, 0.3) is 0 Å². The van der Waals surface area contributed by atoms with E-state index >= 15 is 0 Å². The third-order valence-corrected chi connectivity index (χ3v) is 6.89. The summed E-state index contributed by atoms with van der Waals surface area (Å²) in [6.45, 7) is 10.1. The van der Waals surface area contributed by atoms with Crippen LogP contribution in [-0.2, 0) is 19.6 Å². The van der Waals surface area contributed by atoms with Crippen LogP contribution in [0, 0.1) is 11.3 Å². The first kappa shape index (κ1) is 20.2. The summed E-state index contributed by atoms with van der Waals surface area (Å²) >= 11 is 0. The molecule has 0 spiro atoms. The molecule has 0 aliphatic carbocycles. The highest BCUT2D eigenvalue weighted by Crippen LogP contribution is 2.25. The number of nitrogens with zero attached hydrogens (tertiary/aromatic N) is 3. The van der Waals surface area contributed by atoms with Crippen LogP contribution in [0.2, 0.25) is 0 Å². The van der Waals surface area contributed by atoms with E-state index in [2.05, 4.69) is 0 Å². The number of piperidine rings is 1. The Morgan fingerprint density at radius 3 is 2.12 bits per heavy atom. The summed E-state index contributed by atoms with van der Waals surface area (Å²) in [6.07, 6.45) is 1.63. The van der Waals surface area contributed by atoms with Gasteiger partial charge in [-0.2, -0.15) is 4.31 Å². The van der Waals surface area contributed by atoms with E-state index in [1.54, 1.807) is 11.8 Å². The SMILES string of the molecule is CCS(=O)(=O)N1CCN(C(=O)C2CCCN(C(=O)C(C)(C)C)C2)CC1. The van der Waals surface area contributed by atoms with Crippen molar-refractivity contribution in [1.29, 1.82) is 0 Å². The predicted octanol–water partition coefficient (Wildman–Crippen LogP) is 0.765. The summed E-state index contributed by atoms with van der Waals surface area (Å²) < 4.78 is 25.3. The Hall–Kier alpha value is -1.15. The maximum Gasteiger partial charge on any atom is 0.227 e. The third kappa shape index (κ3) is 4.73. The topological polar surface area (TPSA) is 78.0 Å². The molecular formula is C17H31N3O4S. The van der Waals surface area contributed by atoms with E-state index in [0.29, 0.717) is 39.3 Å². The van der Waals surface area contributed by atoms with E-state index in [9.17, 15) is 18.0 Å².